The smallest absolute Gasteiger partial charge is 0.159 e. The van der Waals surface area contributed by atoms with Gasteiger partial charge >= 0.3 is 0 Å². The van der Waals surface area contributed by atoms with Gasteiger partial charge < -0.3 is 10.4 Å². The molecule has 0 fully saturated rings. The van der Waals surface area contributed by atoms with E-state index in [9.17, 15) is 8.78 Å². The number of nitrogens with one attached hydrogen (secondary N) is 1. The number of anilines is 1. The third kappa shape index (κ3) is 3.43. The lowest BCUT2D eigenvalue weighted by Crippen LogP contribution is -2.01. The molecule has 0 saturated carbocycles. The van der Waals surface area contributed by atoms with Gasteiger partial charge in [0.1, 0.15) is 0 Å². The van der Waals surface area contributed by atoms with E-state index in [1.165, 1.54) is 6.07 Å². The van der Waals surface area contributed by atoms with Crippen molar-refractivity contribution in [1.82, 2.24) is 0 Å². The molecule has 2 aromatic carbocycles. The second-order valence-electron chi connectivity index (χ2n) is 4.07. The van der Waals surface area contributed by atoms with Gasteiger partial charge in [0.2, 0.25) is 0 Å². The Morgan fingerprint density at radius 2 is 1.74 bits per heavy atom. The van der Waals surface area contributed by atoms with Crippen molar-refractivity contribution in [3.8, 4) is 0 Å². The van der Waals surface area contributed by atoms with E-state index in [-0.39, 0.29) is 6.61 Å². The first-order valence-electron chi connectivity index (χ1n) is 5.67. The Bertz CT molecular complexity index is 590. The van der Waals surface area contributed by atoms with Crippen LogP contribution >= 0.6 is 11.6 Å². The van der Waals surface area contributed by atoms with Gasteiger partial charge in [-0.05, 0) is 35.4 Å². The summed E-state index contributed by atoms with van der Waals surface area (Å²) in [6.45, 7) is 0.225. The lowest BCUT2D eigenvalue weighted by atomic mass is 10.2. The number of aliphatic hydroxyl groups is 1. The fraction of sp³-hybridized carbons (Fsp3) is 0.143. The molecule has 0 heterocycles. The van der Waals surface area contributed by atoms with Crippen LogP contribution in [0.1, 0.15) is 11.1 Å². The van der Waals surface area contributed by atoms with Gasteiger partial charge in [-0.25, -0.2) is 8.78 Å². The number of hydrogen-bond donors (Lipinski definition) is 2. The van der Waals surface area contributed by atoms with Crippen molar-refractivity contribution in [3.05, 3.63) is 64.2 Å². The monoisotopic (exact) mass is 283 g/mol. The van der Waals surface area contributed by atoms with E-state index in [2.05, 4.69) is 5.32 Å². The molecule has 2 N–H and O–H groups in total. The van der Waals surface area contributed by atoms with Gasteiger partial charge in [0.25, 0.3) is 0 Å². The van der Waals surface area contributed by atoms with Crippen LogP contribution in [-0.4, -0.2) is 5.11 Å². The van der Waals surface area contributed by atoms with Crippen molar-refractivity contribution < 1.29 is 13.9 Å². The summed E-state index contributed by atoms with van der Waals surface area (Å²) < 4.78 is 25.8. The summed E-state index contributed by atoms with van der Waals surface area (Å²) in [6, 6.07) is 8.80. The Morgan fingerprint density at radius 3 is 2.42 bits per heavy atom. The average molecular weight is 284 g/mol. The molecule has 0 aromatic heterocycles. The molecule has 2 aromatic rings. The number of aliphatic hydroxyl groups excluding tert-OH is 1. The van der Waals surface area contributed by atoms with E-state index in [1.54, 1.807) is 18.2 Å². The maximum Gasteiger partial charge on any atom is 0.159 e. The van der Waals surface area contributed by atoms with E-state index in [0.717, 1.165) is 17.7 Å². The first-order valence-corrected chi connectivity index (χ1v) is 6.05. The average Bonchev–Trinajstić information content (AvgIpc) is 2.41. The summed E-state index contributed by atoms with van der Waals surface area (Å²) >= 11 is 6.00. The van der Waals surface area contributed by atoms with Crippen molar-refractivity contribution >= 4 is 17.3 Å². The van der Waals surface area contributed by atoms with E-state index in [0.29, 0.717) is 22.8 Å². The van der Waals surface area contributed by atoms with Crippen LogP contribution in [0.3, 0.4) is 0 Å². The fourth-order valence-electron chi connectivity index (χ4n) is 1.65. The van der Waals surface area contributed by atoms with Crippen LogP contribution in [0.5, 0.6) is 0 Å². The Morgan fingerprint density at radius 1 is 1.00 bits per heavy atom. The lowest BCUT2D eigenvalue weighted by molar-refractivity contribution is 0.282. The molecule has 0 atom stereocenters. The van der Waals surface area contributed by atoms with Crippen LogP contribution in [0, 0.1) is 11.6 Å². The topological polar surface area (TPSA) is 32.3 Å². The quantitative estimate of drug-likeness (QED) is 0.896. The highest BCUT2D eigenvalue weighted by Gasteiger charge is 2.04. The molecule has 2 rings (SSSR count). The van der Waals surface area contributed by atoms with Gasteiger partial charge in [-0.3, -0.25) is 0 Å². The standard InChI is InChI=1S/C14H12ClF2NO/c15-11-3-1-10(8-19)6-14(11)18-7-9-2-4-12(16)13(17)5-9/h1-6,18-19H,7-8H2. The highest BCUT2D eigenvalue weighted by Crippen LogP contribution is 2.24. The van der Waals surface area contributed by atoms with Gasteiger partial charge in [-0.15, -0.1) is 0 Å². The first-order chi connectivity index (χ1) is 9.10. The van der Waals surface area contributed by atoms with Gasteiger partial charge in [-0.1, -0.05) is 23.7 Å². The van der Waals surface area contributed by atoms with Gasteiger partial charge in [0.15, 0.2) is 11.6 Å². The molecule has 0 aliphatic carbocycles. The summed E-state index contributed by atoms with van der Waals surface area (Å²) in [6.07, 6.45) is 0. The van der Waals surface area contributed by atoms with Crippen LogP contribution < -0.4 is 5.32 Å². The Balaban J connectivity index is 2.11. The van der Waals surface area contributed by atoms with Crippen molar-refractivity contribution in [1.29, 1.82) is 0 Å². The highest BCUT2D eigenvalue weighted by atomic mass is 35.5. The van der Waals surface area contributed by atoms with E-state index in [1.807, 2.05) is 0 Å². The van der Waals surface area contributed by atoms with E-state index in [4.69, 9.17) is 16.7 Å². The fourth-order valence-corrected chi connectivity index (χ4v) is 1.84. The summed E-state index contributed by atoms with van der Waals surface area (Å²) in [5.41, 5.74) is 1.96. The highest BCUT2D eigenvalue weighted by molar-refractivity contribution is 6.33. The molecule has 0 unspecified atom stereocenters. The van der Waals surface area contributed by atoms with Crippen molar-refractivity contribution in [2.75, 3.05) is 5.32 Å². The Kier molecular flexibility index (Phi) is 4.35. The third-order valence-corrected chi connectivity index (χ3v) is 3.01. The molecule has 2 nitrogen and oxygen atoms in total. The molecular weight excluding hydrogens is 272 g/mol. The van der Waals surface area contributed by atoms with Crippen molar-refractivity contribution in [2.24, 2.45) is 0 Å². The summed E-state index contributed by atoms with van der Waals surface area (Å²) in [5.74, 6) is -1.75. The molecule has 100 valence electrons. The molecule has 0 amide bonds. The molecule has 19 heavy (non-hydrogen) atoms. The molecule has 0 aliphatic heterocycles. The molecule has 0 aliphatic rings. The minimum absolute atomic E-state index is 0.0863. The van der Waals surface area contributed by atoms with Crippen LogP contribution in [0.25, 0.3) is 0 Å². The maximum atomic E-state index is 13.0. The van der Waals surface area contributed by atoms with Crippen molar-refractivity contribution in [2.45, 2.75) is 13.2 Å². The van der Waals surface area contributed by atoms with Crippen LogP contribution in [0.4, 0.5) is 14.5 Å². The van der Waals surface area contributed by atoms with E-state index < -0.39 is 11.6 Å². The second kappa shape index (κ2) is 5.99. The Labute approximate surface area is 114 Å². The molecule has 5 heteroatoms. The van der Waals surface area contributed by atoms with Gasteiger partial charge in [0.05, 0.1) is 17.3 Å². The maximum absolute atomic E-state index is 13.0. The van der Waals surface area contributed by atoms with Crippen LogP contribution in [0.15, 0.2) is 36.4 Å². The molecule has 0 bridgehead atoms. The van der Waals surface area contributed by atoms with Gasteiger partial charge in [0, 0.05) is 6.54 Å². The van der Waals surface area contributed by atoms with Gasteiger partial charge in [-0.2, -0.15) is 0 Å². The number of benzene rings is 2. The summed E-state index contributed by atoms with van der Waals surface area (Å²) in [4.78, 5) is 0. The summed E-state index contributed by atoms with van der Waals surface area (Å²) in [5, 5.41) is 12.6. The zero-order valence-corrected chi connectivity index (χ0v) is 10.7. The largest absolute Gasteiger partial charge is 0.392 e. The minimum Gasteiger partial charge on any atom is -0.392 e. The first kappa shape index (κ1) is 13.8. The number of rotatable bonds is 4. The lowest BCUT2D eigenvalue weighted by Gasteiger charge is -2.10. The molecule has 0 spiro atoms. The Hall–Kier alpha value is -1.65. The molecule has 0 radical (unpaired) electrons. The van der Waals surface area contributed by atoms with Crippen molar-refractivity contribution in [3.63, 3.8) is 0 Å². The minimum atomic E-state index is -0.880. The molecule has 0 saturated heterocycles. The normalized spacial score (nSPS) is 10.5. The van der Waals surface area contributed by atoms with E-state index >= 15 is 0 Å². The third-order valence-electron chi connectivity index (χ3n) is 2.68. The van der Waals surface area contributed by atoms with Crippen LogP contribution in [-0.2, 0) is 13.2 Å². The number of hydrogen-bond acceptors (Lipinski definition) is 2. The predicted molar refractivity (Wildman–Crippen MR) is 71.1 cm³/mol. The second-order valence-corrected chi connectivity index (χ2v) is 4.48. The SMILES string of the molecule is OCc1ccc(Cl)c(NCc2ccc(F)c(F)c2)c1. The molecular formula is C14H12ClF2NO. The predicted octanol–water partition coefficient (Wildman–Crippen LogP) is 3.72. The zero-order valence-electron chi connectivity index (χ0n) is 9.96. The zero-order chi connectivity index (χ0) is 13.8. The summed E-state index contributed by atoms with van der Waals surface area (Å²) in [7, 11) is 0. The number of halogens is 3. The van der Waals surface area contributed by atoms with Crippen LogP contribution in [0.2, 0.25) is 5.02 Å².